The van der Waals surface area contributed by atoms with E-state index in [0.717, 1.165) is 10.9 Å². The van der Waals surface area contributed by atoms with E-state index in [2.05, 4.69) is 20.9 Å². The first-order valence-electron chi connectivity index (χ1n) is 13.3. The predicted molar refractivity (Wildman–Crippen MR) is 158 cm³/mol. The van der Waals surface area contributed by atoms with Crippen molar-refractivity contribution in [2.75, 3.05) is 12.0 Å². The van der Waals surface area contributed by atoms with Gasteiger partial charge in [0.05, 0.1) is 12.1 Å². The topological polar surface area (TPSA) is 187 Å². The van der Waals surface area contributed by atoms with E-state index in [9.17, 15) is 29.4 Å². The van der Waals surface area contributed by atoms with Crippen LogP contribution in [0.2, 0.25) is 0 Å². The van der Waals surface area contributed by atoms with Crippen LogP contribution >= 0.6 is 11.8 Å². The molecule has 1 aromatic heterocycles. The molecule has 0 saturated carbocycles. The Bertz CT molecular complexity index is 1330. The standard InChI is InChI=1S/C29H37N5O6S/c1-17(35)25(34-26(36)21(30)12-13-41-2)28(38)32-23(14-18-8-4-3-5-9-18)27(37)33-24(29(39)40)15-19-16-31-22-11-7-6-10-20(19)22/h3-11,16-17,21,23-25,31,35H,12-15,30H2,1-2H3,(H,32,38)(H,33,37)(H,34,36)(H,39,40). The Balaban J connectivity index is 1.78. The SMILES string of the molecule is CSCCC(N)C(=O)NC(C(=O)NC(Cc1ccccc1)C(=O)NC(Cc1c[nH]c2ccccc12)C(=O)O)C(C)O. The molecule has 0 aliphatic carbocycles. The Morgan fingerprint density at radius 3 is 2.22 bits per heavy atom. The second kappa shape index (κ2) is 15.2. The van der Waals surface area contributed by atoms with Crippen molar-refractivity contribution in [1.29, 1.82) is 0 Å². The van der Waals surface area contributed by atoms with Gasteiger partial charge in [-0.2, -0.15) is 11.8 Å². The summed E-state index contributed by atoms with van der Waals surface area (Å²) in [6.07, 6.45) is 2.73. The lowest BCUT2D eigenvalue weighted by molar-refractivity contribution is -0.142. The highest BCUT2D eigenvalue weighted by atomic mass is 32.2. The van der Waals surface area contributed by atoms with Gasteiger partial charge in [-0.25, -0.2) is 4.79 Å². The molecular weight excluding hydrogens is 546 g/mol. The van der Waals surface area contributed by atoms with Crippen molar-refractivity contribution in [3.05, 3.63) is 71.9 Å². The van der Waals surface area contributed by atoms with E-state index in [4.69, 9.17) is 5.73 Å². The summed E-state index contributed by atoms with van der Waals surface area (Å²) in [4.78, 5) is 54.5. The number of nitrogens with two attached hydrogens (primary N) is 1. The van der Waals surface area contributed by atoms with Gasteiger partial charge >= 0.3 is 5.97 Å². The van der Waals surface area contributed by atoms with Gasteiger partial charge < -0.3 is 36.9 Å². The summed E-state index contributed by atoms with van der Waals surface area (Å²) in [7, 11) is 0. The van der Waals surface area contributed by atoms with Crippen LogP contribution in [0, 0.1) is 0 Å². The maximum Gasteiger partial charge on any atom is 0.326 e. The average molecular weight is 584 g/mol. The molecule has 0 spiro atoms. The number of aliphatic carboxylic acids is 1. The van der Waals surface area contributed by atoms with Gasteiger partial charge in [-0.3, -0.25) is 14.4 Å². The molecule has 3 amide bonds. The number of carbonyl (C=O) groups is 4. The largest absolute Gasteiger partial charge is 0.480 e. The molecule has 3 rings (SSSR count). The molecule has 5 atom stereocenters. The number of rotatable bonds is 15. The van der Waals surface area contributed by atoms with Crippen LogP contribution in [0.5, 0.6) is 0 Å². The smallest absolute Gasteiger partial charge is 0.326 e. The fourth-order valence-electron chi connectivity index (χ4n) is 4.35. The van der Waals surface area contributed by atoms with Gasteiger partial charge in [-0.05, 0) is 42.5 Å². The molecule has 8 N–H and O–H groups in total. The Morgan fingerprint density at radius 2 is 1.56 bits per heavy atom. The van der Waals surface area contributed by atoms with Crippen LogP contribution in [0.25, 0.3) is 10.9 Å². The zero-order valence-corrected chi connectivity index (χ0v) is 23.8. The summed E-state index contributed by atoms with van der Waals surface area (Å²) in [6.45, 7) is 1.34. The maximum absolute atomic E-state index is 13.5. The highest BCUT2D eigenvalue weighted by Crippen LogP contribution is 2.19. The molecule has 1 heterocycles. The zero-order valence-electron chi connectivity index (χ0n) is 23.0. The fourth-order valence-corrected chi connectivity index (χ4v) is 4.84. The van der Waals surface area contributed by atoms with Crippen molar-refractivity contribution in [3.63, 3.8) is 0 Å². The van der Waals surface area contributed by atoms with Crippen molar-refractivity contribution in [1.82, 2.24) is 20.9 Å². The monoisotopic (exact) mass is 583 g/mol. The number of aromatic nitrogens is 1. The minimum Gasteiger partial charge on any atom is -0.480 e. The van der Waals surface area contributed by atoms with Crippen molar-refractivity contribution in [3.8, 4) is 0 Å². The van der Waals surface area contributed by atoms with Gasteiger partial charge in [0.25, 0.3) is 0 Å². The second-order valence-corrected chi connectivity index (χ2v) is 10.8. The number of carbonyl (C=O) groups excluding carboxylic acids is 3. The average Bonchev–Trinajstić information content (AvgIpc) is 3.36. The van der Waals surface area contributed by atoms with E-state index >= 15 is 0 Å². The van der Waals surface area contributed by atoms with Crippen LogP contribution in [0.4, 0.5) is 0 Å². The first kappa shape index (κ1) is 31.7. The Hall–Kier alpha value is -3.87. The number of nitrogens with one attached hydrogen (secondary N) is 4. The van der Waals surface area contributed by atoms with Crippen LogP contribution in [-0.2, 0) is 32.0 Å². The van der Waals surface area contributed by atoms with E-state index in [1.54, 1.807) is 36.5 Å². The number of amides is 3. The number of aliphatic hydroxyl groups is 1. The van der Waals surface area contributed by atoms with Gasteiger partial charge in [0.15, 0.2) is 0 Å². The van der Waals surface area contributed by atoms with E-state index in [-0.39, 0.29) is 12.8 Å². The molecule has 0 aliphatic rings. The third-order valence-corrected chi connectivity index (χ3v) is 7.31. The number of H-pyrrole nitrogens is 1. The predicted octanol–water partition coefficient (Wildman–Crippen LogP) is 0.953. The van der Waals surface area contributed by atoms with Gasteiger partial charge in [0.1, 0.15) is 18.1 Å². The Morgan fingerprint density at radius 1 is 0.902 bits per heavy atom. The molecule has 0 bridgehead atoms. The Labute approximate surface area is 242 Å². The number of hydrogen-bond acceptors (Lipinski definition) is 7. The number of carboxylic acid groups (broad SMARTS) is 1. The van der Waals surface area contributed by atoms with Gasteiger partial charge in [-0.1, -0.05) is 48.5 Å². The molecule has 0 saturated heterocycles. The van der Waals surface area contributed by atoms with Gasteiger partial charge in [-0.15, -0.1) is 0 Å². The molecular formula is C29H37N5O6S. The fraction of sp³-hybridized carbons (Fsp3) is 0.379. The van der Waals surface area contributed by atoms with Crippen LogP contribution in [0.3, 0.4) is 0 Å². The van der Waals surface area contributed by atoms with E-state index in [1.165, 1.54) is 18.7 Å². The summed E-state index contributed by atoms with van der Waals surface area (Å²) in [5.74, 6) is -2.72. The van der Waals surface area contributed by atoms with Gasteiger partial charge in [0, 0.05) is 29.9 Å². The highest BCUT2D eigenvalue weighted by molar-refractivity contribution is 7.98. The van der Waals surface area contributed by atoms with Crippen molar-refractivity contribution >= 4 is 46.4 Å². The van der Waals surface area contributed by atoms with Crippen LogP contribution in [0.1, 0.15) is 24.5 Å². The van der Waals surface area contributed by atoms with E-state index in [0.29, 0.717) is 23.3 Å². The molecule has 5 unspecified atom stereocenters. The van der Waals surface area contributed by atoms with E-state index < -0.39 is 54.0 Å². The van der Waals surface area contributed by atoms with Crippen LogP contribution < -0.4 is 21.7 Å². The molecule has 0 radical (unpaired) electrons. The summed E-state index contributed by atoms with van der Waals surface area (Å²) in [6, 6.07) is 11.6. The number of para-hydroxylation sites is 1. The zero-order chi connectivity index (χ0) is 29.9. The van der Waals surface area contributed by atoms with Crippen molar-refractivity contribution in [2.24, 2.45) is 5.73 Å². The molecule has 12 heteroatoms. The summed E-state index contributed by atoms with van der Waals surface area (Å²) < 4.78 is 0. The lowest BCUT2D eigenvalue weighted by Crippen LogP contribution is -2.60. The molecule has 3 aromatic rings. The number of benzene rings is 2. The number of hydrogen-bond donors (Lipinski definition) is 7. The summed E-state index contributed by atoms with van der Waals surface area (Å²) >= 11 is 1.52. The normalized spacial score (nSPS) is 14.8. The highest BCUT2D eigenvalue weighted by Gasteiger charge is 2.32. The molecule has 2 aromatic carbocycles. The number of carboxylic acids is 1. The number of aliphatic hydroxyl groups excluding tert-OH is 1. The number of fused-ring (bicyclic) bond motifs is 1. The number of thioether (sulfide) groups is 1. The van der Waals surface area contributed by atoms with Crippen LogP contribution in [-0.4, -0.2) is 81.2 Å². The first-order chi connectivity index (χ1) is 19.6. The molecule has 11 nitrogen and oxygen atoms in total. The first-order valence-corrected chi connectivity index (χ1v) is 14.7. The second-order valence-electron chi connectivity index (χ2n) is 9.83. The van der Waals surface area contributed by atoms with Gasteiger partial charge in [0.2, 0.25) is 17.7 Å². The minimum atomic E-state index is -1.38. The Kier molecular flexibility index (Phi) is 11.7. The molecule has 41 heavy (non-hydrogen) atoms. The molecule has 220 valence electrons. The molecule has 0 aliphatic heterocycles. The van der Waals surface area contributed by atoms with Crippen molar-refractivity contribution < 1.29 is 29.4 Å². The summed E-state index contributed by atoms with van der Waals surface area (Å²) in [5.41, 5.74) is 8.19. The quantitative estimate of drug-likeness (QED) is 0.138. The summed E-state index contributed by atoms with van der Waals surface area (Å²) in [5, 5.41) is 28.7. The van der Waals surface area contributed by atoms with Crippen molar-refractivity contribution in [2.45, 2.75) is 56.5 Å². The lowest BCUT2D eigenvalue weighted by Gasteiger charge is -2.26. The lowest BCUT2D eigenvalue weighted by atomic mass is 10.0. The minimum absolute atomic E-state index is 0.0113. The third-order valence-electron chi connectivity index (χ3n) is 6.66. The van der Waals surface area contributed by atoms with Crippen LogP contribution in [0.15, 0.2) is 60.8 Å². The third kappa shape index (κ3) is 9.07. The number of aromatic amines is 1. The van der Waals surface area contributed by atoms with E-state index in [1.807, 2.05) is 30.5 Å². The molecule has 0 fully saturated rings. The maximum atomic E-state index is 13.5.